The van der Waals surface area contributed by atoms with Gasteiger partial charge in [-0.05, 0) is 58.2 Å². The zero-order chi connectivity index (χ0) is 14.5. The molecule has 0 saturated heterocycles. The predicted molar refractivity (Wildman–Crippen MR) is 87.0 cm³/mol. The summed E-state index contributed by atoms with van der Waals surface area (Å²) in [7, 11) is 0. The molecule has 0 fully saturated rings. The first-order valence-corrected chi connectivity index (χ1v) is 7.31. The van der Waals surface area contributed by atoms with Crippen LogP contribution in [0.15, 0.2) is 46.9 Å². The van der Waals surface area contributed by atoms with Gasteiger partial charge in [0.15, 0.2) is 0 Å². The number of nitrogen functional groups attached to an aromatic ring is 1. The fourth-order valence-corrected chi connectivity index (χ4v) is 2.27. The Hall–Kier alpha value is -1.52. The maximum atomic E-state index is 11.9. The summed E-state index contributed by atoms with van der Waals surface area (Å²) in [6.07, 6.45) is 1.08. The van der Waals surface area contributed by atoms with Crippen LogP contribution in [-0.2, 0) is 11.2 Å². The van der Waals surface area contributed by atoms with Gasteiger partial charge in [0.25, 0.3) is 0 Å². The first-order valence-electron chi connectivity index (χ1n) is 6.14. The minimum absolute atomic E-state index is 0.0511. The first kappa shape index (κ1) is 14.9. The van der Waals surface area contributed by atoms with Gasteiger partial charge in [0.1, 0.15) is 0 Å². The Bertz CT molecular complexity index is 614. The second-order valence-corrected chi connectivity index (χ2v) is 5.70. The van der Waals surface area contributed by atoms with E-state index >= 15 is 0 Å². The summed E-state index contributed by atoms with van der Waals surface area (Å²) in [6.45, 7) is 0. The molecule has 0 aliphatic heterocycles. The van der Waals surface area contributed by atoms with Crippen LogP contribution in [0.1, 0.15) is 12.0 Å². The normalized spacial score (nSPS) is 10.3. The van der Waals surface area contributed by atoms with Crippen LogP contribution in [0.25, 0.3) is 0 Å². The number of anilines is 2. The Morgan fingerprint density at radius 1 is 1.20 bits per heavy atom. The largest absolute Gasteiger partial charge is 0.399 e. The average Bonchev–Trinajstić information content (AvgIpc) is 2.42. The molecule has 0 aromatic heterocycles. The smallest absolute Gasteiger partial charge is 0.224 e. The molecule has 0 unspecified atom stereocenters. The number of carbonyl (C=O) groups excluding carboxylic acids is 1. The third kappa shape index (κ3) is 4.25. The Morgan fingerprint density at radius 2 is 1.90 bits per heavy atom. The number of rotatable bonds is 4. The molecule has 20 heavy (non-hydrogen) atoms. The number of hydrogen-bond acceptors (Lipinski definition) is 2. The van der Waals surface area contributed by atoms with Gasteiger partial charge in [0, 0.05) is 21.6 Å². The van der Waals surface area contributed by atoms with Crippen molar-refractivity contribution in [2.75, 3.05) is 11.1 Å². The van der Waals surface area contributed by atoms with Gasteiger partial charge in [-0.2, -0.15) is 0 Å². The van der Waals surface area contributed by atoms with Crippen molar-refractivity contribution in [3.8, 4) is 0 Å². The number of aryl methyl sites for hydroxylation is 1. The monoisotopic (exact) mass is 352 g/mol. The van der Waals surface area contributed by atoms with Crippen molar-refractivity contribution in [2.24, 2.45) is 0 Å². The molecule has 0 atom stereocenters. The van der Waals surface area contributed by atoms with E-state index in [0.717, 1.165) is 15.7 Å². The fraction of sp³-hybridized carbons (Fsp3) is 0.133. The average molecular weight is 354 g/mol. The first-order chi connectivity index (χ1) is 9.54. The van der Waals surface area contributed by atoms with Crippen LogP contribution in [-0.4, -0.2) is 5.91 Å². The highest BCUT2D eigenvalue weighted by Crippen LogP contribution is 2.26. The zero-order valence-corrected chi connectivity index (χ0v) is 13.0. The molecule has 0 aliphatic carbocycles. The van der Waals surface area contributed by atoms with Crippen molar-refractivity contribution < 1.29 is 4.79 Å². The summed E-state index contributed by atoms with van der Waals surface area (Å²) in [5, 5.41) is 3.42. The molecule has 0 spiro atoms. The number of hydrogen-bond donors (Lipinski definition) is 2. The third-order valence-electron chi connectivity index (χ3n) is 2.82. The van der Waals surface area contributed by atoms with Crippen molar-refractivity contribution in [3.63, 3.8) is 0 Å². The summed E-state index contributed by atoms with van der Waals surface area (Å²) in [5.41, 5.74) is 8.11. The summed E-state index contributed by atoms with van der Waals surface area (Å²) in [6, 6.07) is 12.8. The minimum atomic E-state index is -0.0511. The molecule has 0 radical (unpaired) electrons. The van der Waals surface area contributed by atoms with E-state index in [1.54, 1.807) is 18.2 Å². The summed E-state index contributed by atoms with van der Waals surface area (Å²) in [4.78, 5) is 11.9. The lowest BCUT2D eigenvalue weighted by atomic mass is 10.1. The fourth-order valence-electron chi connectivity index (χ4n) is 1.75. The van der Waals surface area contributed by atoms with Crippen LogP contribution in [0.4, 0.5) is 11.4 Å². The highest BCUT2D eigenvalue weighted by Gasteiger charge is 2.06. The lowest BCUT2D eigenvalue weighted by Gasteiger charge is -2.08. The van der Waals surface area contributed by atoms with Crippen LogP contribution in [0.2, 0.25) is 5.02 Å². The topological polar surface area (TPSA) is 55.1 Å². The standard InChI is InChI=1S/C15H14BrClN2O/c16-13-7-4-11(17)9-14(13)19-15(20)8-3-10-1-5-12(18)6-2-10/h1-2,4-7,9H,3,8,18H2,(H,19,20). The Balaban J connectivity index is 1.92. The quantitative estimate of drug-likeness (QED) is 0.807. The maximum absolute atomic E-state index is 11.9. The second-order valence-electron chi connectivity index (χ2n) is 4.41. The lowest BCUT2D eigenvalue weighted by Crippen LogP contribution is -2.12. The van der Waals surface area contributed by atoms with Crippen LogP contribution in [0.3, 0.4) is 0 Å². The Morgan fingerprint density at radius 3 is 2.60 bits per heavy atom. The summed E-state index contributed by atoms with van der Waals surface area (Å²) >= 11 is 9.28. The van der Waals surface area contributed by atoms with Crippen molar-refractivity contribution in [1.29, 1.82) is 0 Å². The van der Waals surface area contributed by atoms with E-state index in [-0.39, 0.29) is 5.91 Å². The van der Waals surface area contributed by atoms with Gasteiger partial charge in [-0.15, -0.1) is 0 Å². The summed E-state index contributed by atoms with van der Waals surface area (Å²) < 4.78 is 0.808. The zero-order valence-electron chi connectivity index (χ0n) is 10.7. The van der Waals surface area contributed by atoms with Gasteiger partial charge in [-0.1, -0.05) is 23.7 Å². The minimum Gasteiger partial charge on any atom is -0.399 e. The van der Waals surface area contributed by atoms with Gasteiger partial charge < -0.3 is 11.1 Å². The molecular formula is C15H14BrClN2O. The van der Waals surface area contributed by atoms with E-state index in [1.165, 1.54) is 0 Å². The highest BCUT2D eigenvalue weighted by molar-refractivity contribution is 9.10. The summed E-state index contributed by atoms with van der Waals surface area (Å²) in [5.74, 6) is -0.0511. The second kappa shape index (κ2) is 6.77. The molecule has 2 aromatic carbocycles. The van der Waals surface area contributed by atoms with E-state index in [4.69, 9.17) is 17.3 Å². The molecule has 2 rings (SSSR count). The van der Waals surface area contributed by atoms with Crippen molar-refractivity contribution in [1.82, 2.24) is 0 Å². The van der Waals surface area contributed by atoms with Gasteiger partial charge >= 0.3 is 0 Å². The van der Waals surface area contributed by atoms with Gasteiger partial charge in [-0.25, -0.2) is 0 Å². The number of nitrogens with two attached hydrogens (primary N) is 1. The van der Waals surface area contributed by atoms with Crippen LogP contribution in [0, 0.1) is 0 Å². The van der Waals surface area contributed by atoms with E-state index in [9.17, 15) is 4.79 Å². The molecular weight excluding hydrogens is 340 g/mol. The highest BCUT2D eigenvalue weighted by atomic mass is 79.9. The van der Waals surface area contributed by atoms with E-state index < -0.39 is 0 Å². The molecule has 3 N–H and O–H groups in total. The molecule has 0 heterocycles. The number of benzene rings is 2. The molecule has 3 nitrogen and oxygen atoms in total. The molecule has 0 saturated carbocycles. The molecule has 104 valence electrons. The number of amides is 1. The van der Waals surface area contributed by atoms with Crippen molar-refractivity contribution in [3.05, 3.63) is 57.5 Å². The number of carbonyl (C=O) groups is 1. The Kier molecular flexibility index (Phi) is 5.04. The van der Waals surface area contributed by atoms with Gasteiger partial charge in [0.2, 0.25) is 5.91 Å². The maximum Gasteiger partial charge on any atom is 0.224 e. The van der Waals surface area contributed by atoms with Gasteiger partial charge in [-0.3, -0.25) is 4.79 Å². The van der Waals surface area contributed by atoms with Crippen molar-refractivity contribution in [2.45, 2.75) is 12.8 Å². The molecule has 0 bridgehead atoms. The molecule has 5 heteroatoms. The van der Waals surface area contributed by atoms with E-state index in [2.05, 4.69) is 21.2 Å². The number of halogens is 2. The third-order valence-corrected chi connectivity index (χ3v) is 3.75. The van der Waals surface area contributed by atoms with Crippen molar-refractivity contribution >= 4 is 44.8 Å². The van der Waals surface area contributed by atoms with E-state index in [1.807, 2.05) is 24.3 Å². The number of nitrogens with one attached hydrogen (secondary N) is 1. The molecule has 1 amide bonds. The predicted octanol–water partition coefficient (Wildman–Crippen LogP) is 4.26. The molecule has 2 aromatic rings. The van der Waals surface area contributed by atoms with Crippen LogP contribution in [0.5, 0.6) is 0 Å². The van der Waals surface area contributed by atoms with Crippen LogP contribution < -0.4 is 11.1 Å². The SMILES string of the molecule is Nc1ccc(CCC(=O)Nc2cc(Cl)ccc2Br)cc1. The Labute approximate surface area is 131 Å². The van der Waals surface area contributed by atoms with Crippen LogP contribution >= 0.6 is 27.5 Å². The molecule has 0 aliphatic rings. The van der Waals surface area contributed by atoms with E-state index in [0.29, 0.717) is 23.6 Å². The van der Waals surface area contributed by atoms with Gasteiger partial charge in [0.05, 0.1) is 5.69 Å². The lowest BCUT2D eigenvalue weighted by molar-refractivity contribution is -0.116.